The third-order valence-electron chi connectivity index (χ3n) is 1.82. The number of sulfonamides is 1. The third kappa shape index (κ3) is 3.03. The van der Waals surface area contributed by atoms with Gasteiger partial charge in [-0.1, -0.05) is 26.0 Å². The first-order chi connectivity index (χ1) is 6.40. The second-order valence-corrected chi connectivity index (χ2v) is 5.29. The quantitative estimate of drug-likeness (QED) is 0.832. The van der Waals surface area contributed by atoms with Gasteiger partial charge >= 0.3 is 0 Å². The molecule has 0 spiro atoms. The topological polar surface area (TPSA) is 46.2 Å². The fourth-order valence-corrected chi connectivity index (χ4v) is 1.81. The van der Waals surface area contributed by atoms with Crippen LogP contribution in [0.25, 0.3) is 0 Å². The van der Waals surface area contributed by atoms with Crippen LogP contribution in [0.3, 0.4) is 0 Å². The van der Waals surface area contributed by atoms with Crippen molar-refractivity contribution in [1.82, 2.24) is 0 Å². The summed E-state index contributed by atoms with van der Waals surface area (Å²) in [6.45, 7) is 4.03. The van der Waals surface area contributed by atoms with E-state index in [-0.39, 0.29) is 5.92 Å². The zero-order valence-corrected chi connectivity index (χ0v) is 9.35. The molecule has 0 bridgehead atoms. The van der Waals surface area contributed by atoms with Gasteiger partial charge in [0.1, 0.15) is 0 Å². The van der Waals surface area contributed by atoms with Crippen molar-refractivity contribution < 1.29 is 8.42 Å². The minimum atomic E-state index is -3.20. The molecule has 3 nitrogen and oxygen atoms in total. The van der Waals surface area contributed by atoms with Gasteiger partial charge < -0.3 is 0 Å². The van der Waals surface area contributed by atoms with Gasteiger partial charge in [-0.25, -0.2) is 8.42 Å². The Morgan fingerprint density at radius 2 is 2.07 bits per heavy atom. The summed E-state index contributed by atoms with van der Waals surface area (Å²) in [5.74, 6) is 0.286. The summed E-state index contributed by atoms with van der Waals surface area (Å²) in [6, 6.07) is 8.15. The molecule has 0 aliphatic carbocycles. The van der Waals surface area contributed by atoms with E-state index >= 15 is 0 Å². The molecule has 1 rings (SSSR count). The summed E-state index contributed by atoms with van der Waals surface area (Å²) >= 11 is 0. The van der Waals surface area contributed by atoms with Crippen molar-refractivity contribution in [2.75, 3.05) is 11.0 Å². The highest BCUT2D eigenvalue weighted by Gasteiger charge is 2.08. The molecule has 1 radical (unpaired) electrons. The average molecular weight is 212 g/mol. The van der Waals surface area contributed by atoms with E-state index in [1.54, 1.807) is 12.1 Å². The molecule has 1 aromatic carbocycles. The van der Waals surface area contributed by atoms with Crippen molar-refractivity contribution in [3.8, 4) is 0 Å². The molecule has 0 fully saturated rings. The van der Waals surface area contributed by atoms with Crippen LogP contribution in [-0.2, 0) is 10.0 Å². The van der Waals surface area contributed by atoms with Crippen molar-refractivity contribution in [3.63, 3.8) is 0 Å². The van der Waals surface area contributed by atoms with Gasteiger partial charge in [-0.3, -0.25) is 4.72 Å². The summed E-state index contributed by atoms with van der Waals surface area (Å²) in [5.41, 5.74) is 1.60. The second kappa shape index (κ2) is 4.00. The maximum absolute atomic E-state index is 11.1. The van der Waals surface area contributed by atoms with Crippen molar-refractivity contribution in [3.05, 3.63) is 29.8 Å². The first-order valence-electron chi connectivity index (χ1n) is 4.38. The molecule has 0 atom stereocenters. The minimum Gasteiger partial charge on any atom is -0.283 e. The Morgan fingerprint density at radius 3 is 2.57 bits per heavy atom. The monoisotopic (exact) mass is 212 g/mol. The lowest BCUT2D eigenvalue weighted by molar-refractivity contribution is 0.606. The fraction of sp³-hybridized carbons (Fsp3) is 0.400. The second-order valence-electron chi connectivity index (χ2n) is 3.54. The lowest BCUT2D eigenvalue weighted by Gasteiger charge is -2.12. The summed E-state index contributed by atoms with van der Waals surface area (Å²) in [7, 11) is -3.20. The van der Waals surface area contributed by atoms with E-state index in [4.69, 9.17) is 0 Å². The highest BCUT2D eigenvalue weighted by molar-refractivity contribution is 7.92. The van der Waals surface area contributed by atoms with E-state index in [0.717, 1.165) is 11.8 Å². The van der Waals surface area contributed by atoms with E-state index in [1.165, 1.54) is 0 Å². The molecular formula is C10H14NO2S. The van der Waals surface area contributed by atoms with E-state index in [9.17, 15) is 8.42 Å². The highest BCUT2D eigenvalue weighted by atomic mass is 32.2. The summed E-state index contributed by atoms with van der Waals surface area (Å²) in [6.07, 6.45) is 1.14. The van der Waals surface area contributed by atoms with Gasteiger partial charge in [-0.2, -0.15) is 0 Å². The third-order valence-corrected chi connectivity index (χ3v) is 2.41. The Hall–Kier alpha value is -1.03. The van der Waals surface area contributed by atoms with Crippen molar-refractivity contribution in [2.24, 2.45) is 0 Å². The average Bonchev–Trinajstić information content (AvgIpc) is 2.01. The molecular weight excluding hydrogens is 198 g/mol. The van der Waals surface area contributed by atoms with Crippen LogP contribution in [0.2, 0.25) is 0 Å². The number of nitrogens with one attached hydrogen (secondary N) is 1. The van der Waals surface area contributed by atoms with Crippen LogP contribution >= 0.6 is 0 Å². The van der Waals surface area contributed by atoms with Gasteiger partial charge in [0.2, 0.25) is 10.0 Å². The van der Waals surface area contributed by atoms with Crippen LogP contribution < -0.4 is 4.72 Å². The standard InChI is InChI=1S/C10H14NO2S/c1-8(2)9-6-4-5-7-10(9)11-14(3,12)13/h4,6-8,11H,1-3H3. The first-order valence-corrected chi connectivity index (χ1v) is 6.27. The Bertz CT molecular complexity index is 410. The van der Waals surface area contributed by atoms with Gasteiger partial charge in [0.05, 0.1) is 11.9 Å². The highest BCUT2D eigenvalue weighted by Crippen LogP contribution is 2.23. The van der Waals surface area contributed by atoms with Crippen molar-refractivity contribution in [2.45, 2.75) is 19.8 Å². The Balaban J connectivity index is 3.08. The molecule has 0 aromatic heterocycles. The molecule has 0 saturated heterocycles. The fourth-order valence-electron chi connectivity index (χ4n) is 1.23. The Morgan fingerprint density at radius 1 is 1.43 bits per heavy atom. The lowest BCUT2D eigenvalue weighted by atomic mass is 10.0. The molecule has 0 saturated carbocycles. The van der Waals surface area contributed by atoms with Gasteiger partial charge in [-0.05, 0) is 23.6 Å². The van der Waals surface area contributed by atoms with Gasteiger partial charge in [0.15, 0.2) is 0 Å². The maximum atomic E-state index is 11.1. The zero-order chi connectivity index (χ0) is 10.8. The van der Waals surface area contributed by atoms with Gasteiger partial charge in [0.25, 0.3) is 0 Å². The number of hydrogen-bond acceptors (Lipinski definition) is 2. The number of benzene rings is 1. The normalized spacial score (nSPS) is 11.7. The molecule has 14 heavy (non-hydrogen) atoms. The smallest absolute Gasteiger partial charge is 0.229 e. The van der Waals surface area contributed by atoms with E-state index in [1.807, 2.05) is 19.9 Å². The summed E-state index contributed by atoms with van der Waals surface area (Å²) < 4.78 is 24.6. The van der Waals surface area contributed by atoms with Crippen molar-refractivity contribution in [1.29, 1.82) is 0 Å². The Kier molecular flexibility index (Phi) is 3.16. The molecule has 0 aliphatic rings. The molecule has 77 valence electrons. The van der Waals surface area contributed by atoms with E-state index in [2.05, 4.69) is 10.8 Å². The van der Waals surface area contributed by atoms with Crippen LogP contribution in [0.4, 0.5) is 5.69 Å². The molecule has 1 N–H and O–H groups in total. The lowest BCUT2D eigenvalue weighted by Crippen LogP contribution is -2.11. The maximum Gasteiger partial charge on any atom is 0.229 e. The van der Waals surface area contributed by atoms with Crippen LogP contribution in [0, 0.1) is 6.07 Å². The predicted octanol–water partition coefficient (Wildman–Crippen LogP) is 1.98. The minimum absolute atomic E-state index is 0.286. The van der Waals surface area contributed by atoms with Gasteiger partial charge in [0, 0.05) is 0 Å². The number of hydrogen-bond donors (Lipinski definition) is 1. The molecule has 0 amide bonds. The SMILES string of the molecule is CC(C)c1cc[c]cc1NS(C)(=O)=O. The van der Waals surface area contributed by atoms with Crippen LogP contribution in [-0.4, -0.2) is 14.7 Å². The van der Waals surface area contributed by atoms with E-state index < -0.39 is 10.0 Å². The molecule has 0 aliphatic heterocycles. The van der Waals surface area contributed by atoms with Crippen molar-refractivity contribution >= 4 is 15.7 Å². The zero-order valence-electron chi connectivity index (χ0n) is 8.53. The molecule has 4 heteroatoms. The van der Waals surface area contributed by atoms with E-state index in [0.29, 0.717) is 5.69 Å². The van der Waals surface area contributed by atoms with Gasteiger partial charge in [-0.15, -0.1) is 0 Å². The molecule has 1 aromatic rings. The van der Waals surface area contributed by atoms with Crippen LogP contribution in [0.5, 0.6) is 0 Å². The summed E-state index contributed by atoms with van der Waals surface area (Å²) in [4.78, 5) is 0. The molecule has 0 unspecified atom stereocenters. The van der Waals surface area contributed by atoms with Crippen LogP contribution in [0.1, 0.15) is 25.3 Å². The summed E-state index contributed by atoms with van der Waals surface area (Å²) in [5, 5.41) is 0. The number of rotatable bonds is 3. The molecule has 0 heterocycles. The van der Waals surface area contributed by atoms with Crippen LogP contribution in [0.15, 0.2) is 18.2 Å². The predicted molar refractivity (Wildman–Crippen MR) is 57.8 cm³/mol. The first kappa shape index (κ1) is 11.0. The largest absolute Gasteiger partial charge is 0.283 e. The number of anilines is 1. The Labute approximate surface area is 85.2 Å².